The van der Waals surface area contributed by atoms with E-state index in [0.717, 1.165) is 25.9 Å². The highest BCUT2D eigenvalue weighted by Gasteiger charge is 1.91. The molecule has 0 aliphatic rings. The first-order valence-electron chi connectivity index (χ1n) is 5.60. The zero-order valence-corrected chi connectivity index (χ0v) is 9.76. The molecule has 0 aliphatic carbocycles. The van der Waals surface area contributed by atoms with Crippen molar-refractivity contribution in [3.63, 3.8) is 0 Å². The molecular weight excluding hydrogens is 202 g/mol. The van der Waals surface area contributed by atoms with Crippen molar-refractivity contribution in [2.75, 3.05) is 13.7 Å². The Balaban J connectivity index is 1.94. The molecule has 1 aromatic carbocycles. The highest BCUT2D eigenvalue weighted by atomic mass is 16.6. The minimum atomic E-state index is 0.701. The van der Waals surface area contributed by atoms with Crippen LogP contribution in [0.3, 0.4) is 0 Å². The number of benzene rings is 1. The Bertz CT molecular complexity index is 285. The lowest BCUT2D eigenvalue weighted by molar-refractivity contribution is 0.117. The molecule has 16 heavy (non-hydrogen) atoms. The minimum Gasteiger partial charge on any atom is -0.399 e. The van der Waals surface area contributed by atoms with Crippen LogP contribution in [0.15, 0.2) is 35.5 Å². The Morgan fingerprint density at radius 2 is 2.00 bits per heavy atom. The summed E-state index contributed by atoms with van der Waals surface area (Å²) < 4.78 is 5.55. The molecule has 1 rings (SSSR count). The van der Waals surface area contributed by atoms with Gasteiger partial charge in [0.2, 0.25) is 0 Å². The molecule has 0 atom stereocenters. The Labute approximate surface area is 97.1 Å². The normalized spacial score (nSPS) is 10.8. The van der Waals surface area contributed by atoms with Crippen LogP contribution in [0.4, 0.5) is 0 Å². The Kier molecular flexibility index (Phi) is 7.09. The van der Waals surface area contributed by atoms with E-state index in [1.54, 1.807) is 13.3 Å². The molecule has 0 aliphatic heterocycles. The topological polar surface area (TPSA) is 30.8 Å². The Morgan fingerprint density at radius 3 is 2.75 bits per heavy atom. The minimum absolute atomic E-state index is 0.701. The van der Waals surface area contributed by atoms with Gasteiger partial charge in [-0.05, 0) is 24.8 Å². The molecule has 0 unspecified atom stereocenters. The summed E-state index contributed by atoms with van der Waals surface area (Å²) in [5, 5.41) is 3.67. The number of hydrogen-bond donors (Lipinski definition) is 0. The lowest BCUT2D eigenvalue weighted by atomic mass is 10.2. The van der Waals surface area contributed by atoms with Crippen molar-refractivity contribution in [1.82, 2.24) is 0 Å². The third-order valence-corrected chi connectivity index (χ3v) is 2.16. The SMILES string of the molecule is CON=CCCCCOCc1ccccc1. The first-order chi connectivity index (χ1) is 7.93. The molecule has 88 valence electrons. The van der Waals surface area contributed by atoms with E-state index in [0.29, 0.717) is 6.61 Å². The standard InChI is InChI=1S/C13H19NO2/c1-15-14-10-6-3-7-11-16-12-13-8-4-2-5-9-13/h2,4-5,8-10H,3,6-7,11-12H2,1H3. The number of rotatable bonds is 8. The summed E-state index contributed by atoms with van der Waals surface area (Å²) >= 11 is 0. The quantitative estimate of drug-likeness (QED) is 0.384. The average molecular weight is 221 g/mol. The summed E-state index contributed by atoms with van der Waals surface area (Å²) in [6, 6.07) is 10.2. The summed E-state index contributed by atoms with van der Waals surface area (Å²) in [5.41, 5.74) is 1.23. The van der Waals surface area contributed by atoms with E-state index in [9.17, 15) is 0 Å². The molecule has 0 saturated heterocycles. The third-order valence-electron chi connectivity index (χ3n) is 2.16. The molecule has 0 heterocycles. The second kappa shape index (κ2) is 8.92. The predicted octanol–water partition coefficient (Wildman–Crippen LogP) is 3.01. The van der Waals surface area contributed by atoms with Gasteiger partial charge in [-0.3, -0.25) is 0 Å². The van der Waals surface area contributed by atoms with Crippen LogP contribution in [0.2, 0.25) is 0 Å². The van der Waals surface area contributed by atoms with Gasteiger partial charge in [0, 0.05) is 12.8 Å². The maximum absolute atomic E-state index is 5.55. The zero-order chi connectivity index (χ0) is 11.5. The van der Waals surface area contributed by atoms with Crippen LogP contribution in [-0.2, 0) is 16.2 Å². The number of ether oxygens (including phenoxy) is 1. The van der Waals surface area contributed by atoms with Crippen molar-refractivity contribution in [2.45, 2.75) is 25.9 Å². The number of oxime groups is 1. The van der Waals surface area contributed by atoms with Crippen molar-refractivity contribution < 1.29 is 9.57 Å². The van der Waals surface area contributed by atoms with Gasteiger partial charge >= 0.3 is 0 Å². The average Bonchev–Trinajstić information content (AvgIpc) is 2.34. The van der Waals surface area contributed by atoms with E-state index in [2.05, 4.69) is 22.1 Å². The monoisotopic (exact) mass is 221 g/mol. The van der Waals surface area contributed by atoms with E-state index in [-0.39, 0.29) is 0 Å². The zero-order valence-electron chi connectivity index (χ0n) is 9.76. The summed E-state index contributed by atoms with van der Waals surface area (Å²) in [4.78, 5) is 4.57. The van der Waals surface area contributed by atoms with Gasteiger partial charge in [0.05, 0.1) is 6.61 Å². The van der Waals surface area contributed by atoms with Crippen LogP contribution in [0.25, 0.3) is 0 Å². The van der Waals surface area contributed by atoms with Crippen LogP contribution < -0.4 is 0 Å². The van der Waals surface area contributed by atoms with Gasteiger partial charge in [-0.25, -0.2) is 0 Å². The summed E-state index contributed by atoms with van der Waals surface area (Å²) in [6.07, 6.45) is 4.88. The van der Waals surface area contributed by atoms with Crippen LogP contribution in [0.1, 0.15) is 24.8 Å². The molecule has 0 radical (unpaired) electrons. The Morgan fingerprint density at radius 1 is 1.19 bits per heavy atom. The summed E-state index contributed by atoms with van der Waals surface area (Å²) in [6.45, 7) is 1.50. The van der Waals surface area contributed by atoms with Gasteiger partial charge in [0.1, 0.15) is 7.11 Å². The maximum atomic E-state index is 5.55. The smallest absolute Gasteiger partial charge is 0.106 e. The fourth-order valence-corrected chi connectivity index (χ4v) is 1.33. The molecule has 1 aromatic rings. The van der Waals surface area contributed by atoms with Gasteiger partial charge < -0.3 is 9.57 Å². The second-order valence-electron chi connectivity index (χ2n) is 3.50. The van der Waals surface area contributed by atoms with Crippen molar-refractivity contribution >= 4 is 6.21 Å². The fourth-order valence-electron chi connectivity index (χ4n) is 1.33. The molecule has 3 nitrogen and oxygen atoms in total. The van der Waals surface area contributed by atoms with Crippen LogP contribution in [-0.4, -0.2) is 19.9 Å². The van der Waals surface area contributed by atoms with E-state index >= 15 is 0 Å². The number of hydrogen-bond acceptors (Lipinski definition) is 3. The maximum Gasteiger partial charge on any atom is 0.106 e. The van der Waals surface area contributed by atoms with Gasteiger partial charge in [0.15, 0.2) is 0 Å². The lowest BCUT2D eigenvalue weighted by Gasteiger charge is -2.03. The third kappa shape index (κ3) is 6.19. The first kappa shape index (κ1) is 12.7. The van der Waals surface area contributed by atoms with Crippen molar-refractivity contribution in [2.24, 2.45) is 5.16 Å². The molecule has 0 bridgehead atoms. The Hall–Kier alpha value is -1.35. The largest absolute Gasteiger partial charge is 0.399 e. The summed E-state index contributed by atoms with van der Waals surface area (Å²) in [7, 11) is 1.56. The predicted molar refractivity (Wildman–Crippen MR) is 65.5 cm³/mol. The molecule has 0 amide bonds. The van der Waals surface area contributed by atoms with Gasteiger partial charge in [-0.15, -0.1) is 0 Å². The summed E-state index contributed by atoms with van der Waals surface area (Å²) in [5.74, 6) is 0. The number of nitrogens with zero attached hydrogens (tertiary/aromatic N) is 1. The molecule has 0 saturated carbocycles. The van der Waals surface area contributed by atoms with E-state index in [1.807, 2.05) is 18.2 Å². The molecule has 0 N–H and O–H groups in total. The van der Waals surface area contributed by atoms with E-state index in [4.69, 9.17) is 4.74 Å². The molecular formula is C13H19NO2. The highest BCUT2D eigenvalue weighted by molar-refractivity contribution is 5.55. The van der Waals surface area contributed by atoms with Crippen molar-refractivity contribution in [1.29, 1.82) is 0 Å². The van der Waals surface area contributed by atoms with E-state index in [1.165, 1.54) is 5.56 Å². The van der Waals surface area contributed by atoms with Gasteiger partial charge in [0.25, 0.3) is 0 Å². The second-order valence-corrected chi connectivity index (χ2v) is 3.50. The van der Waals surface area contributed by atoms with Gasteiger partial charge in [-0.2, -0.15) is 0 Å². The van der Waals surface area contributed by atoms with Gasteiger partial charge in [-0.1, -0.05) is 35.5 Å². The van der Waals surface area contributed by atoms with Crippen LogP contribution >= 0.6 is 0 Å². The van der Waals surface area contributed by atoms with Crippen LogP contribution in [0.5, 0.6) is 0 Å². The molecule has 0 spiro atoms. The van der Waals surface area contributed by atoms with E-state index < -0.39 is 0 Å². The molecule has 3 heteroatoms. The fraction of sp³-hybridized carbons (Fsp3) is 0.462. The molecule has 0 aromatic heterocycles. The molecule has 0 fully saturated rings. The van der Waals surface area contributed by atoms with Crippen molar-refractivity contribution in [3.8, 4) is 0 Å². The number of unbranched alkanes of at least 4 members (excludes halogenated alkanes) is 2. The lowest BCUT2D eigenvalue weighted by Crippen LogP contribution is -1.95. The van der Waals surface area contributed by atoms with Crippen molar-refractivity contribution in [3.05, 3.63) is 35.9 Å². The first-order valence-corrected chi connectivity index (χ1v) is 5.60. The van der Waals surface area contributed by atoms with Crippen LogP contribution in [0, 0.1) is 0 Å². The highest BCUT2D eigenvalue weighted by Crippen LogP contribution is 2.02.